The van der Waals surface area contributed by atoms with E-state index in [4.69, 9.17) is 0 Å². The number of aromatic nitrogens is 2. The van der Waals surface area contributed by atoms with E-state index in [-0.39, 0.29) is 15.8 Å². The van der Waals surface area contributed by atoms with E-state index >= 15 is 0 Å². The zero-order chi connectivity index (χ0) is 15.1. The fraction of sp³-hybridized carbons (Fsp3) is 0.0714. The molecule has 0 N–H and O–H groups in total. The minimum Gasteiger partial charge on any atom is -0.290 e. The van der Waals surface area contributed by atoms with Gasteiger partial charge in [-0.25, -0.2) is 9.37 Å². The zero-order valence-corrected chi connectivity index (χ0v) is 12.5. The number of hydrogen-bond donors (Lipinski definition) is 0. The molecule has 0 atom stereocenters. The minimum absolute atomic E-state index is 0.167. The van der Waals surface area contributed by atoms with E-state index in [1.807, 2.05) is 24.3 Å². The predicted octanol–water partition coefficient (Wildman–Crippen LogP) is 4.14. The third-order valence-electron chi connectivity index (χ3n) is 3.18. The summed E-state index contributed by atoms with van der Waals surface area (Å²) in [5, 5.41) is 11.2. The Bertz CT molecular complexity index is 876. The van der Waals surface area contributed by atoms with Crippen LogP contribution in [0.25, 0.3) is 16.7 Å². The van der Waals surface area contributed by atoms with Crippen LogP contribution in [0.2, 0.25) is 0 Å². The van der Waals surface area contributed by atoms with E-state index in [2.05, 4.69) is 20.9 Å². The van der Waals surface area contributed by atoms with Crippen LogP contribution in [0.3, 0.4) is 0 Å². The van der Waals surface area contributed by atoms with Crippen LogP contribution in [0.5, 0.6) is 0 Å². The fourth-order valence-corrected chi connectivity index (χ4v) is 2.63. The average Bonchev–Trinajstić information content (AvgIpc) is 2.77. The van der Waals surface area contributed by atoms with Crippen LogP contribution in [-0.2, 0) is 0 Å². The van der Waals surface area contributed by atoms with Crippen LogP contribution < -0.4 is 0 Å². The molecule has 0 spiro atoms. The third kappa shape index (κ3) is 2.19. The summed E-state index contributed by atoms with van der Waals surface area (Å²) in [7, 11) is 0. The second kappa shape index (κ2) is 4.92. The molecular formula is C14H9BrFN3O2. The van der Waals surface area contributed by atoms with Gasteiger partial charge in [0.25, 0.3) is 5.69 Å². The Morgan fingerprint density at radius 2 is 2.05 bits per heavy atom. The number of nitro benzene ring substituents is 1. The van der Waals surface area contributed by atoms with Gasteiger partial charge in [-0.3, -0.25) is 14.7 Å². The highest BCUT2D eigenvalue weighted by Crippen LogP contribution is 2.32. The smallest absolute Gasteiger partial charge is 0.290 e. The van der Waals surface area contributed by atoms with Gasteiger partial charge in [-0.1, -0.05) is 12.1 Å². The van der Waals surface area contributed by atoms with Crippen LogP contribution in [0.1, 0.15) is 5.82 Å². The van der Waals surface area contributed by atoms with Crippen molar-refractivity contribution < 1.29 is 9.31 Å². The number of fused-ring (bicyclic) bond motifs is 1. The van der Waals surface area contributed by atoms with Gasteiger partial charge in [0.2, 0.25) is 0 Å². The summed E-state index contributed by atoms with van der Waals surface area (Å²) < 4.78 is 15.4. The van der Waals surface area contributed by atoms with E-state index in [9.17, 15) is 14.5 Å². The number of hydrogen-bond acceptors (Lipinski definition) is 3. The third-order valence-corrected chi connectivity index (χ3v) is 3.79. The van der Waals surface area contributed by atoms with E-state index in [1.54, 1.807) is 11.5 Å². The van der Waals surface area contributed by atoms with Gasteiger partial charge in [-0.2, -0.15) is 0 Å². The standard InChI is InChI=1S/C14H9BrFN3O2/c1-8-17-11-4-2-3-5-12(11)18(8)13-6-9(15)10(16)7-14(13)19(20)21/h2-7H,1H3. The van der Waals surface area contributed by atoms with E-state index < -0.39 is 10.7 Å². The van der Waals surface area contributed by atoms with Gasteiger partial charge in [0, 0.05) is 0 Å². The fourth-order valence-electron chi connectivity index (χ4n) is 2.30. The van der Waals surface area contributed by atoms with Gasteiger partial charge in [0.05, 0.1) is 26.5 Å². The van der Waals surface area contributed by atoms with E-state index in [0.29, 0.717) is 5.82 Å². The first-order valence-electron chi connectivity index (χ1n) is 6.07. The summed E-state index contributed by atoms with van der Waals surface area (Å²) in [6.45, 7) is 1.75. The molecule has 3 rings (SSSR count). The Morgan fingerprint density at radius 1 is 1.33 bits per heavy atom. The van der Waals surface area contributed by atoms with Gasteiger partial charge in [0.1, 0.15) is 17.3 Å². The first-order chi connectivity index (χ1) is 9.99. The maximum atomic E-state index is 13.6. The van der Waals surface area contributed by atoms with Crippen molar-refractivity contribution in [3.05, 3.63) is 62.6 Å². The first kappa shape index (κ1) is 13.7. The molecule has 5 nitrogen and oxygen atoms in total. The lowest BCUT2D eigenvalue weighted by Crippen LogP contribution is -2.03. The van der Waals surface area contributed by atoms with Crippen molar-refractivity contribution in [3.8, 4) is 5.69 Å². The second-order valence-electron chi connectivity index (χ2n) is 4.50. The number of rotatable bonds is 2. The average molecular weight is 350 g/mol. The molecule has 0 aliphatic rings. The van der Waals surface area contributed by atoms with Crippen molar-refractivity contribution in [2.24, 2.45) is 0 Å². The summed E-state index contributed by atoms with van der Waals surface area (Å²) in [5.74, 6) is -0.0784. The van der Waals surface area contributed by atoms with E-state index in [1.165, 1.54) is 6.07 Å². The summed E-state index contributed by atoms with van der Waals surface area (Å²) in [4.78, 5) is 15.0. The Morgan fingerprint density at radius 3 is 2.76 bits per heavy atom. The Kier molecular flexibility index (Phi) is 3.21. The number of aryl methyl sites for hydroxylation is 1. The molecule has 0 bridgehead atoms. The monoisotopic (exact) mass is 349 g/mol. The van der Waals surface area contributed by atoms with Crippen molar-refractivity contribution in [3.63, 3.8) is 0 Å². The van der Waals surface area contributed by atoms with Gasteiger partial charge < -0.3 is 0 Å². The second-order valence-corrected chi connectivity index (χ2v) is 5.35. The van der Waals surface area contributed by atoms with Crippen molar-refractivity contribution in [2.75, 3.05) is 0 Å². The maximum Gasteiger partial charge on any atom is 0.296 e. The predicted molar refractivity (Wildman–Crippen MR) is 80.1 cm³/mol. The van der Waals surface area contributed by atoms with E-state index in [0.717, 1.165) is 17.1 Å². The molecule has 3 aromatic rings. The SMILES string of the molecule is Cc1nc2ccccc2n1-c1cc(Br)c(F)cc1[N+](=O)[O-]. The molecule has 0 aliphatic heterocycles. The van der Waals surface area contributed by atoms with Crippen LogP contribution >= 0.6 is 15.9 Å². The van der Waals surface area contributed by atoms with Crippen LogP contribution in [-0.4, -0.2) is 14.5 Å². The summed E-state index contributed by atoms with van der Waals surface area (Å²) in [6.07, 6.45) is 0. The lowest BCUT2D eigenvalue weighted by molar-refractivity contribution is -0.384. The molecular weight excluding hydrogens is 341 g/mol. The largest absolute Gasteiger partial charge is 0.296 e. The first-order valence-corrected chi connectivity index (χ1v) is 6.86. The molecule has 0 aliphatic carbocycles. The summed E-state index contributed by atoms with van der Waals surface area (Å²) in [6, 6.07) is 9.61. The lowest BCUT2D eigenvalue weighted by atomic mass is 10.2. The molecule has 7 heteroatoms. The van der Waals surface area contributed by atoms with Crippen LogP contribution in [0.4, 0.5) is 10.1 Å². The topological polar surface area (TPSA) is 61.0 Å². The molecule has 106 valence electrons. The molecule has 1 heterocycles. The molecule has 0 saturated heterocycles. The quantitative estimate of drug-likeness (QED) is 0.515. The number of benzene rings is 2. The highest BCUT2D eigenvalue weighted by atomic mass is 79.9. The highest BCUT2D eigenvalue weighted by molar-refractivity contribution is 9.10. The Balaban J connectivity index is 2.40. The van der Waals surface area contributed by atoms with Crippen molar-refractivity contribution >= 4 is 32.7 Å². The van der Waals surface area contributed by atoms with Crippen LogP contribution in [0, 0.1) is 22.9 Å². The van der Waals surface area contributed by atoms with Crippen molar-refractivity contribution in [1.82, 2.24) is 9.55 Å². The molecule has 21 heavy (non-hydrogen) atoms. The van der Waals surface area contributed by atoms with Crippen molar-refractivity contribution in [1.29, 1.82) is 0 Å². The molecule has 0 unspecified atom stereocenters. The van der Waals surface area contributed by atoms with Gasteiger partial charge >= 0.3 is 0 Å². The van der Waals surface area contributed by atoms with Gasteiger partial charge in [0.15, 0.2) is 0 Å². The van der Waals surface area contributed by atoms with Crippen molar-refractivity contribution in [2.45, 2.75) is 6.92 Å². The zero-order valence-electron chi connectivity index (χ0n) is 10.9. The maximum absolute atomic E-state index is 13.6. The number of imidazole rings is 1. The summed E-state index contributed by atoms with van der Waals surface area (Å²) >= 11 is 3.07. The number of halogens is 2. The minimum atomic E-state index is -0.674. The summed E-state index contributed by atoms with van der Waals surface area (Å²) in [5.41, 5.74) is 1.43. The van der Waals surface area contributed by atoms with Gasteiger partial charge in [-0.15, -0.1) is 0 Å². The van der Waals surface area contributed by atoms with Crippen LogP contribution in [0.15, 0.2) is 40.9 Å². The molecule has 0 amide bonds. The lowest BCUT2D eigenvalue weighted by Gasteiger charge is -2.09. The molecule has 2 aromatic carbocycles. The molecule has 1 aromatic heterocycles. The highest BCUT2D eigenvalue weighted by Gasteiger charge is 2.22. The number of para-hydroxylation sites is 2. The Hall–Kier alpha value is -2.28. The number of nitro groups is 1. The Labute approximate surface area is 127 Å². The molecule has 0 radical (unpaired) electrons. The van der Waals surface area contributed by atoms with Gasteiger partial charge in [-0.05, 0) is 41.1 Å². The number of nitrogens with zero attached hydrogens (tertiary/aromatic N) is 3. The normalized spacial score (nSPS) is 11.0. The molecule has 0 saturated carbocycles. The molecule has 0 fully saturated rings.